The van der Waals surface area contributed by atoms with Gasteiger partial charge in [-0.1, -0.05) is 36.4 Å². The first-order chi connectivity index (χ1) is 12.2. The second-order valence-electron chi connectivity index (χ2n) is 7.07. The van der Waals surface area contributed by atoms with E-state index in [9.17, 15) is 4.79 Å². The van der Waals surface area contributed by atoms with E-state index < -0.39 is 0 Å². The summed E-state index contributed by atoms with van der Waals surface area (Å²) < 4.78 is 0. The first kappa shape index (κ1) is 16.1. The van der Waals surface area contributed by atoms with E-state index in [-0.39, 0.29) is 5.91 Å². The highest BCUT2D eigenvalue weighted by atomic mass is 16.2. The number of fused-ring (bicyclic) bond motifs is 2. The van der Waals surface area contributed by atoms with Crippen molar-refractivity contribution in [3.8, 4) is 0 Å². The Bertz CT molecular complexity index is 825. The Morgan fingerprint density at radius 2 is 1.88 bits per heavy atom. The van der Waals surface area contributed by atoms with E-state index in [1.54, 1.807) is 6.08 Å². The molecule has 2 heterocycles. The van der Waals surface area contributed by atoms with E-state index in [1.807, 2.05) is 23.1 Å². The monoisotopic (exact) mass is 332 g/mol. The molecule has 128 valence electrons. The van der Waals surface area contributed by atoms with Gasteiger partial charge in [-0.3, -0.25) is 4.79 Å². The molecule has 0 saturated carbocycles. The Hall–Kier alpha value is -2.39. The Labute approximate surface area is 149 Å². The van der Waals surface area contributed by atoms with Crippen LogP contribution in [0.25, 0.3) is 6.08 Å². The molecule has 0 unspecified atom stereocenters. The summed E-state index contributed by atoms with van der Waals surface area (Å²) in [6.07, 6.45) is 6.87. The van der Waals surface area contributed by atoms with Crippen LogP contribution in [0.2, 0.25) is 0 Å². The molecule has 2 aromatic rings. The molecule has 0 N–H and O–H groups in total. The molecule has 2 aliphatic rings. The fourth-order valence-electron chi connectivity index (χ4n) is 3.84. The van der Waals surface area contributed by atoms with Gasteiger partial charge in [0.1, 0.15) is 0 Å². The third kappa shape index (κ3) is 3.38. The number of hydrogen-bond donors (Lipinski definition) is 0. The molecule has 0 atom stereocenters. The predicted molar refractivity (Wildman–Crippen MR) is 103 cm³/mol. The van der Waals surface area contributed by atoms with Gasteiger partial charge in [0.05, 0.1) is 0 Å². The highest BCUT2D eigenvalue weighted by molar-refractivity contribution is 6.04. The average molecular weight is 332 g/mol. The average Bonchev–Trinajstić information content (AvgIpc) is 2.65. The molecule has 0 spiro atoms. The van der Waals surface area contributed by atoms with Crippen molar-refractivity contribution >= 4 is 17.7 Å². The lowest BCUT2D eigenvalue weighted by atomic mass is 9.97. The summed E-state index contributed by atoms with van der Waals surface area (Å²) in [4.78, 5) is 16.9. The van der Waals surface area contributed by atoms with Gasteiger partial charge in [-0.15, -0.1) is 0 Å². The maximum absolute atomic E-state index is 12.7. The molecular formula is C22H24N2O. The van der Waals surface area contributed by atoms with Gasteiger partial charge in [-0.2, -0.15) is 0 Å². The number of amides is 1. The van der Waals surface area contributed by atoms with Crippen LogP contribution in [-0.4, -0.2) is 30.9 Å². The van der Waals surface area contributed by atoms with Crippen LogP contribution in [0.5, 0.6) is 0 Å². The van der Waals surface area contributed by atoms with Crippen molar-refractivity contribution in [1.29, 1.82) is 0 Å². The summed E-state index contributed by atoms with van der Waals surface area (Å²) >= 11 is 0. The van der Waals surface area contributed by atoms with Crippen molar-refractivity contribution in [2.75, 3.05) is 25.0 Å². The van der Waals surface area contributed by atoms with Gasteiger partial charge in [-0.25, -0.2) is 0 Å². The van der Waals surface area contributed by atoms with Crippen molar-refractivity contribution in [1.82, 2.24) is 4.90 Å². The zero-order valence-electron chi connectivity index (χ0n) is 14.7. The van der Waals surface area contributed by atoms with Crippen LogP contribution in [0, 0.1) is 0 Å². The summed E-state index contributed by atoms with van der Waals surface area (Å²) in [6.45, 7) is 2.91. The highest BCUT2D eigenvalue weighted by Gasteiger charge is 2.20. The van der Waals surface area contributed by atoms with E-state index in [2.05, 4.69) is 42.3 Å². The molecular weight excluding hydrogens is 308 g/mol. The highest BCUT2D eigenvalue weighted by Crippen LogP contribution is 2.27. The molecule has 2 aromatic carbocycles. The fraction of sp³-hybridized carbons (Fsp3) is 0.318. The van der Waals surface area contributed by atoms with Gasteiger partial charge in [0.15, 0.2) is 0 Å². The van der Waals surface area contributed by atoms with Crippen LogP contribution < -0.4 is 4.90 Å². The Morgan fingerprint density at radius 1 is 1.00 bits per heavy atom. The summed E-state index contributed by atoms with van der Waals surface area (Å²) in [5.74, 6) is 0.0713. The van der Waals surface area contributed by atoms with Gasteiger partial charge < -0.3 is 9.80 Å². The Balaban J connectivity index is 1.53. The molecule has 3 heteroatoms. The molecule has 0 aliphatic carbocycles. The maximum atomic E-state index is 12.7. The van der Waals surface area contributed by atoms with Gasteiger partial charge in [0, 0.05) is 31.4 Å². The predicted octanol–water partition coefficient (Wildman–Crippen LogP) is 3.67. The number of para-hydroxylation sites is 1. The molecule has 0 radical (unpaired) electrons. The minimum atomic E-state index is 0.0713. The first-order valence-electron chi connectivity index (χ1n) is 9.08. The number of aryl methyl sites for hydroxylation is 1. The largest absolute Gasteiger partial charge is 0.309 e. The van der Waals surface area contributed by atoms with Crippen molar-refractivity contribution < 1.29 is 4.79 Å². The summed E-state index contributed by atoms with van der Waals surface area (Å²) in [5, 5.41) is 0. The number of nitrogens with zero attached hydrogens (tertiary/aromatic N) is 2. The molecule has 0 bridgehead atoms. The van der Waals surface area contributed by atoms with Crippen LogP contribution in [0.15, 0.2) is 48.5 Å². The van der Waals surface area contributed by atoms with E-state index in [0.717, 1.165) is 50.1 Å². The zero-order chi connectivity index (χ0) is 17.2. The quantitative estimate of drug-likeness (QED) is 0.784. The summed E-state index contributed by atoms with van der Waals surface area (Å²) in [5.41, 5.74) is 6.26. The third-order valence-electron chi connectivity index (χ3n) is 5.23. The number of carbonyl (C=O) groups excluding carboxylic acids is 1. The van der Waals surface area contributed by atoms with Crippen LogP contribution in [0.4, 0.5) is 5.69 Å². The molecule has 1 amide bonds. The zero-order valence-corrected chi connectivity index (χ0v) is 14.7. The van der Waals surface area contributed by atoms with Crippen molar-refractivity contribution in [2.24, 2.45) is 0 Å². The van der Waals surface area contributed by atoms with E-state index in [4.69, 9.17) is 0 Å². The number of benzene rings is 2. The van der Waals surface area contributed by atoms with Gasteiger partial charge in [0.2, 0.25) is 0 Å². The Morgan fingerprint density at radius 3 is 2.80 bits per heavy atom. The van der Waals surface area contributed by atoms with Crippen LogP contribution in [0.1, 0.15) is 28.7 Å². The van der Waals surface area contributed by atoms with Crippen molar-refractivity contribution in [3.63, 3.8) is 0 Å². The first-order valence-corrected chi connectivity index (χ1v) is 9.08. The molecule has 0 saturated heterocycles. The van der Waals surface area contributed by atoms with Crippen molar-refractivity contribution in [3.05, 3.63) is 70.8 Å². The number of hydrogen-bond acceptors (Lipinski definition) is 2. The van der Waals surface area contributed by atoms with E-state index >= 15 is 0 Å². The summed E-state index contributed by atoms with van der Waals surface area (Å²) in [7, 11) is 2.16. The van der Waals surface area contributed by atoms with Crippen LogP contribution in [-0.2, 0) is 24.2 Å². The molecule has 2 aliphatic heterocycles. The van der Waals surface area contributed by atoms with Gasteiger partial charge in [-0.05, 0) is 60.7 Å². The number of rotatable bonds is 2. The molecule has 25 heavy (non-hydrogen) atoms. The number of likely N-dealkylation sites (N-methyl/N-ethyl adjacent to an activating group) is 1. The molecule has 0 fully saturated rings. The standard InChI is InChI=1S/C22H24N2O/c1-23-14-12-18-10-8-17(15-20(18)16-23)9-11-22(25)24-13-4-6-19-5-2-3-7-21(19)24/h2-3,5,7-11,15H,4,6,12-14,16H2,1H3. The summed E-state index contributed by atoms with van der Waals surface area (Å²) in [6, 6.07) is 14.8. The lowest BCUT2D eigenvalue weighted by Crippen LogP contribution is -2.34. The molecule has 4 rings (SSSR count). The van der Waals surface area contributed by atoms with Crippen LogP contribution in [0.3, 0.4) is 0 Å². The maximum Gasteiger partial charge on any atom is 0.250 e. The fourth-order valence-corrected chi connectivity index (χ4v) is 3.84. The van der Waals surface area contributed by atoms with Crippen molar-refractivity contribution in [2.45, 2.75) is 25.8 Å². The van der Waals surface area contributed by atoms with Crippen LogP contribution >= 0.6 is 0 Å². The SMILES string of the molecule is CN1CCc2ccc(C=CC(=O)N3CCCc4ccccc43)cc2C1. The minimum absolute atomic E-state index is 0.0713. The minimum Gasteiger partial charge on any atom is -0.309 e. The third-order valence-corrected chi connectivity index (χ3v) is 5.23. The van der Waals surface area contributed by atoms with Gasteiger partial charge >= 0.3 is 0 Å². The molecule has 3 nitrogen and oxygen atoms in total. The van der Waals surface area contributed by atoms with Gasteiger partial charge in [0.25, 0.3) is 5.91 Å². The lowest BCUT2D eigenvalue weighted by Gasteiger charge is -2.28. The molecule has 0 aromatic heterocycles. The Kier molecular flexibility index (Phi) is 4.41. The lowest BCUT2D eigenvalue weighted by molar-refractivity contribution is -0.114. The number of anilines is 1. The van der Waals surface area contributed by atoms with E-state index in [1.165, 1.54) is 16.7 Å². The van der Waals surface area contributed by atoms with E-state index in [0.29, 0.717) is 0 Å². The topological polar surface area (TPSA) is 23.6 Å². The second-order valence-corrected chi connectivity index (χ2v) is 7.07. The second kappa shape index (κ2) is 6.85. The number of carbonyl (C=O) groups is 1. The smallest absolute Gasteiger partial charge is 0.250 e. The normalized spacial score (nSPS) is 17.4.